The quantitative estimate of drug-likeness (QED) is 0.687. The standard InChI is InChI=1S/C18H26FN3O/c1-4-20-18(21-16-9-12(16)2)22-10-13(3)23-17(11-22)14-5-7-15(19)8-6-14/h5-8,12-13,16-17H,4,9-11H2,1-3H3,(H,20,21). The van der Waals surface area contributed by atoms with E-state index >= 15 is 0 Å². The minimum absolute atomic E-state index is 0.0557. The third kappa shape index (κ3) is 4.02. The van der Waals surface area contributed by atoms with Gasteiger partial charge < -0.3 is 15.0 Å². The Balaban J connectivity index is 1.73. The van der Waals surface area contributed by atoms with Gasteiger partial charge in [-0.15, -0.1) is 0 Å². The van der Waals surface area contributed by atoms with Crippen LogP contribution in [0.2, 0.25) is 0 Å². The number of halogens is 1. The summed E-state index contributed by atoms with van der Waals surface area (Å²) >= 11 is 0. The molecule has 1 aromatic rings. The number of hydrogen-bond acceptors (Lipinski definition) is 2. The van der Waals surface area contributed by atoms with Crippen LogP contribution in [-0.2, 0) is 4.74 Å². The van der Waals surface area contributed by atoms with Crippen molar-refractivity contribution in [1.29, 1.82) is 0 Å². The first-order valence-corrected chi connectivity index (χ1v) is 8.53. The summed E-state index contributed by atoms with van der Waals surface area (Å²) in [6, 6.07) is 7.15. The average Bonchev–Trinajstić information content (AvgIpc) is 3.22. The van der Waals surface area contributed by atoms with Gasteiger partial charge >= 0.3 is 0 Å². The van der Waals surface area contributed by atoms with Gasteiger partial charge in [0.2, 0.25) is 0 Å². The minimum atomic E-state index is -0.216. The van der Waals surface area contributed by atoms with E-state index in [9.17, 15) is 4.39 Å². The van der Waals surface area contributed by atoms with Gasteiger partial charge in [-0.2, -0.15) is 0 Å². The van der Waals surface area contributed by atoms with Gasteiger partial charge in [-0.1, -0.05) is 19.1 Å². The molecule has 5 heteroatoms. The van der Waals surface area contributed by atoms with Crippen LogP contribution in [0.25, 0.3) is 0 Å². The van der Waals surface area contributed by atoms with Crippen LogP contribution in [-0.4, -0.2) is 42.6 Å². The number of benzene rings is 1. The Morgan fingerprint density at radius 2 is 2.00 bits per heavy atom. The van der Waals surface area contributed by atoms with E-state index in [0.29, 0.717) is 6.04 Å². The first kappa shape index (κ1) is 16.2. The van der Waals surface area contributed by atoms with E-state index in [1.165, 1.54) is 18.6 Å². The summed E-state index contributed by atoms with van der Waals surface area (Å²) < 4.78 is 19.2. The predicted octanol–water partition coefficient (Wildman–Crippen LogP) is 2.96. The monoisotopic (exact) mass is 319 g/mol. The maximum atomic E-state index is 13.1. The molecule has 23 heavy (non-hydrogen) atoms. The molecule has 1 aliphatic carbocycles. The molecule has 4 nitrogen and oxygen atoms in total. The highest BCUT2D eigenvalue weighted by molar-refractivity contribution is 5.81. The van der Waals surface area contributed by atoms with Crippen molar-refractivity contribution in [2.24, 2.45) is 10.9 Å². The number of aliphatic imine (C=N–C) groups is 1. The summed E-state index contributed by atoms with van der Waals surface area (Å²) in [5, 5.41) is 3.57. The zero-order chi connectivity index (χ0) is 16.4. The summed E-state index contributed by atoms with van der Waals surface area (Å²) in [7, 11) is 0. The molecule has 0 spiro atoms. The lowest BCUT2D eigenvalue weighted by Crippen LogP contribution is -2.51. The first-order valence-electron chi connectivity index (χ1n) is 8.53. The molecule has 2 aliphatic rings. The summed E-state index contributed by atoms with van der Waals surface area (Å²) in [5.74, 6) is 1.49. The van der Waals surface area contributed by atoms with Gasteiger partial charge in [-0.25, -0.2) is 4.39 Å². The van der Waals surface area contributed by atoms with E-state index in [1.54, 1.807) is 0 Å². The Kier molecular flexibility index (Phi) is 4.85. The topological polar surface area (TPSA) is 36.9 Å². The fourth-order valence-corrected chi connectivity index (χ4v) is 3.06. The van der Waals surface area contributed by atoms with Gasteiger partial charge in [0.15, 0.2) is 5.96 Å². The third-order valence-electron chi connectivity index (χ3n) is 4.53. The Bertz CT molecular complexity index is 560. The maximum absolute atomic E-state index is 13.1. The largest absolute Gasteiger partial charge is 0.367 e. The zero-order valence-corrected chi connectivity index (χ0v) is 14.1. The molecule has 126 valence electrons. The van der Waals surface area contributed by atoms with Crippen LogP contribution in [0.1, 0.15) is 38.9 Å². The zero-order valence-electron chi connectivity index (χ0n) is 14.1. The van der Waals surface area contributed by atoms with E-state index in [2.05, 4.69) is 36.0 Å². The number of guanidine groups is 1. The minimum Gasteiger partial charge on any atom is -0.367 e. The number of nitrogens with zero attached hydrogens (tertiary/aromatic N) is 2. The lowest BCUT2D eigenvalue weighted by Gasteiger charge is -2.39. The van der Waals surface area contributed by atoms with Crippen molar-refractivity contribution in [3.63, 3.8) is 0 Å². The van der Waals surface area contributed by atoms with E-state index in [-0.39, 0.29) is 18.0 Å². The second kappa shape index (κ2) is 6.87. The molecule has 1 saturated heterocycles. The molecule has 1 heterocycles. The van der Waals surface area contributed by atoms with Crippen molar-refractivity contribution in [2.45, 2.75) is 45.4 Å². The highest BCUT2D eigenvalue weighted by atomic mass is 19.1. The average molecular weight is 319 g/mol. The Hall–Kier alpha value is -1.62. The van der Waals surface area contributed by atoms with Gasteiger partial charge in [0.25, 0.3) is 0 Å². The second-order valence-corrected chi connectivity index (χ2v) is 6.65. The van der Waals surface area contributed by atoms with E-state index in [1.807, 2.05) is 12.1 Å². The SMILES string of the molecule is CCN=C(NC1CC1C)N1CC(C)OC(c2ccc(F)cc2)C1. The van der Waals surface area contributed by atoms with E-state index in [0.717, 1.165) is 37.1 Å². The van der Waals surface area contributed by atoms with Gasteiger partial charge in [0, 0.05) is 19.1 Å². The molecule has 4 unspecified atom stereocenters. The fraction of sp³-hybridized carbons (Fsp3) is 0.611. The van der Waals surface area contributed by atoms with Crippen LogP contribution in [0.4, 0.5) is 4.39 Å². The molecule has 0 aromatic heterocycles. The third-order valence-corrected chi connectivity index (χ3v) is 4.53. The number of hydrogen-bond donors (Lipinski definition) is 1. The van der Waals surface area contributed by atoms with Crippen LogP contribution in [0.3, 0.4) is 0 Å². The van der Waals surface area contributed by atoms with Crippen LogP contribution >= 0.6 is 0 Å². The molecule has 1 aliphatic heterocycles. The summed E-state index contributed by atoms with van der Waals surface area (Å²) in [5.41, 5.74) is 1.01. The maximum Gasteiger partial charge on any atom is 0.194 e. The highest BCUT2D eigenvalue weighted by Crippen LogP contribution is 2.30. The lowest BCUT2D eigenvalue weighted by atomic mass is 10.1. The fourth-order valence-electron chi connectivity index (χ4n) is 3.06. The molecular weight excluding hydrogens is 293 g/mol. The molecule has 2 fully saturated rings. The van der Waals surface area contributed by atoms with Crippen LogP contribution in [0.15, 0.2) is 29.3 Å². The Labute approximate surface area is 137 Å². The summed E-state index contributed by atoms with van der Waals surface area (Å²) in [6.45, 7) is 8.71. The normalized spacial score (nSPS) is 31.1. The number of ether oxygens (including phenoxy) is 1. The Morgan fingerprint density at radius 3 is 2.61 bits per heavy atom. The summed E-state index contributed by atoms with van der Waals surface area (Å²) in [4.78, 5) is 6.93. The second-order valence-electron chi connectivity index (χ2n) is 6.65. The van der Waals surface area contributed by atoms with E-state index in [4.69, 9.17) is 4.74 Å². The van der Waals surface area contributed by atoms with Gasteiger partial charge in [0.1, 0.15) is 11.9 Å². The lowest BCUT2D eigenvalue weighted by molar-refractivity contribution is -0.0605. The first-order chi connectivity index (χ1) is 11.1. The highest BCUT2D eigenvalue weighted by Gasteiger charge is 2.36. The molecule has 4 atom stereocenters. The van der Waals surface area contributed by atoms with Crippen LogP contribution in [0.5, 0.6) is 0 Å². The molecule has 1 N–H and O–H groups in total. The van der Waals surface area contributed by atoms with Crippen molar-refractivity contribution in [1.82, 2.24) is 10.2 Å². The van der Waals surface area contributed by atoms with Crippen molar-refractivity contribution >= 4 is 5.96 Å². The number of rotatable bonds is 3. The number of nitrogens with one attached hydrogen (secondary N) is 1. The number of morpholine rings is 1. The molecule has 3 rings (SSSR count). The molecule has 1 aromatic carbocycles. The summed E-state index contributed by atoms with van der Waals surface area (Å²) in [6.07, 6.45) is 1.27. The molecule has 1 saturated carbocycles. The molecule has 0 bridgehead atoms. The molecular formula is C18H26FN3O. The van der Waals surface area contributed by atoms with Gasteiger partial charge in [-0.3, -0.25) is 4.99 Å². The van der Waals surface area contributed by atoms with Crippen molar-refractivity contribution in [3.8, 4) is 0 Å². The molecule has 0 amide bonds. The van der Waals surface area contributed by atoms with E-state index < -0.39 is 0 Å². The van der Waals surface area contributed by atoms with Crippen LogP contribution < -0.4 is 5.32 Å². The van der Waals surface area contributed by atoms with Crippen molar-refractivity contribution in [2.75, 3.05) is 19.6 Å². The van der Waals surface area contributed by atoms with Gasteiger partial charge in [-0.05, 0) is 43.9 Å². The predicted molar refractivity (Wildman–Crippen MR) is 89.9 cm³/mol. The van der Waals surface area contributed by atoms with Crippen molar-refractivity contribution < 1.29 is 9.13 Å². The van der Waals surface area contributed by atoms with Crippen molar-refractivity contribution in [3.05, 3.63) is 35.6 Å². The Morgan fingerprint density at radius 1 is 1.30 bits per heavy atom. The van der Waals surface area contributed by atoms with Gasteiger partial charge in [0.05, 0.1) is 12.6 Å². The molecule has 0 radical (unpaired) electrons. The smallest absolute Gasteiger partial charge is 0.194 e. The van der Waals surface area contributed by atoms with Crippen LogP contribution in [0, 0.1) is 11.7 Å².